The number of likely N-dealkylation sites (N-methyl/N-ethyl adjacent to an activating group) is 1. The number of hydrogen-bond acceptors (Lipinski definition) is 5. The first kappa shape index (κ1) is 16.4. The highest BCUT2D eigenvalue weighted by Crippen LogP contribution is 2.09. The van der Waals surface area contributed by atoms with Gasteiger partial charge in [-0.2, -0.15) is 0 Å². The van der Waals surface area contributed by atoms with Crippen molar-refractivity contribution in [3.8, 4) is 0 Å². The fraction of sp³-hybridized carbons (Fsp3) is 0.333. The van der Waals surface area contributed by atoms with E-state index >= 15 is 0 Å². The quantitative estimate of drug-likeness (QED) is 0.873. The second-order valence-electron chi connectivity index (χ2n) is 5.19. The minimum atomic E-state index is -3.48. The van der Waals surface area contributed by atoms with Crippen molar-refractivity contribution in [3.05, 3.63) is 47.8 Å². The van der Waals surface area contributed by atoms with Gasteiger partial charge in [-0.25, -0.2) is 23.1 Å². The van der Waals surface area contributed by atoms with Crippen molar-refractivity contribution in [1.29, 1.82) is 0 Å². The number of nitrogens with zero attached hydrogens (tertiary/aromatic N) is 3. The summed E-state index contributed by atoms with van der Waals surface area (Å²) in [5.74, 6) is 0.570. The molecule has 0 fully saturated rings. The van der Waals surface area contributed by atoms with Gasteiger partial charge in [0, 0.05) is 32.5 Å². The molecule has 0 aliphatic heterocycles. The molecular formula is C15H20N4O2S. The molecule has 0 bridgehead atoms. The van der Waals surface area contributed by atoms with Crippen LogP contribution in [0.5, 0.6) is 0 Å². The molecule has 0 saturated heterocycles. The van der Waals surface area contributed by atoms with Crippen molar-refractivity contribution in [3.63, 3.8) is 0 Å². The van der Waals surface area contributed by atoms with Crippen LogP contribution < -0.4 is 9.62 Å². The molecule has 0 aliphatic rings. The Balaban J connectivity index is 1.92. The molecule has 6 nitrogen and oxygen atoms in total. The van der Waals surface area contributed by atoms with Crippen molar-refractivity contribution < 1.29 is 8.42 Å². The summed E-state index contributed by atoms with van der Waals surface area (Å²) in [6.45, 7) is 4.60. The largest absolute Gasteiger partial charge is 0.343 e. The Labute approximate surface area is 131 Å². The third-order valence-electron chi connectivity index (χ3n) is 3.18. The number of aryl methyl sites for hydroxylation is 2. The molecule has 22 heavy (non-hydrogen) atoms. The van der Waals surface area contributed by atoms with Crippen LogP contribution in [0.1, 0.15) is 11.1 Å². The van der Waals surface area contributed by atoms with Gasteiger partial charge in [-0.15, -0.1) is 0 Å². The van der Waals surface area contributed by atoms with Crippen LogP contribution in [0, 0.1) is 13.8 Å². The molecule has 0 radical (unpaired) electrons. The maximum Gasteiger partial charge on any atom is 0.240 e. The first-order valence-corrected chi connectivity index (χ1v) is 8.43. The average Bonchev–Trinajstić information content (AvgIpc) is 2.48. The molecule has 7 heteroatoms. The van der Waals surface area contributed by atoms with Crippen molar-refractivity contribution in [2.45, 2.75) is 18.7 Å². The molecule has 1 aromatic carbocycles. The van der Waals surface area contributed by atoms with Gasteiger partial charge < -0.3 is 4.90 Å². The van der Waals surface area contributed by atoms with Gasteiger partial charge in [0.2, 0.25) is 16.0 Å². The minimum absolute atomic E-state index is 0.271. The zero-order valence-electron chi connectivity index (χ0n) is 12.9. The highest BCUT2D eigenvalue weighted by Gasteiger charge is 2.13. The van der Waals surface area contributed by atoms with Crippen LogP contribution in [0.15, 0.2) is 41.6 Å². The van der Waals surface area contributed by atoms with Gasteiger partial charge in [0.05, 0.1) is 4.90 Å². The van der Waals surface area contributed by atoms with E-state index in [9.17, 15) is 8.42 Å². The predicted molar refractivity (Wildman–Crippen MR) is 86.4 cm³/mol. The average molecular weight is 320 g/mol. The lowest BCUT2D eigenvalue weighted by molar-refractivity contribution is 0.581. The van der Waals surface area contributed by atoms with Crippen LogP contribution in [0.3, 0.4) is 0 Å². The number of aromatic nitrogens is 2. The van der Waals surface area contributed by atoms with Crippen LogP contribution in [0.25, 0.3) is 0 Å². The number of hydrogen-bond donors (Lipinski definition) is 1. The normalized spacial score (nSPS) is 11.4. The Morgan fingerprint density at radius 2 is 1.64 bits per heavy atom. The summed E-state index contributed by atoms with van der Waals surface area (Å²) < 4.78 is 26.9. The highest BCUT2D eigenvalue weighted by molar-refractivity contribution is 7.89. The van der Waals surface area contributed by atoms with E-state index in [1.54, 1.807) is 41.6 Å². The van der Waals surface area contributed by atoms with E-state index in [2.05, 4.69) is 14.7 Å². The summed E-state index contributed by atoms with van der Waals surface area (Å²) in [4.78, 5) is 10.5. The molecule has 1 heterocycles. The zero-order chi connectivity index (χ0) is 16.2. The van der Waals surface area contributed by atoms with Gasteiger partial charge in [-0.1, -0.05) is 17.7 Å². The molecule has 0 amide bonds. The number of anilines is 1. The van der Waals surface area contributed by atoms with Gasteiger partial charge in [-0.05, 0) is 31.5 Å². The maximum atomic E-state index is 12.1. The lowest BCUT2D eigenvalue weighted by Crippen LogP contribution is -2.33. The van der Waals surface area contributed by atoms with Crippen LogP contribution in [0.4, 0.5) is 5.95 Å². The summed E-state index contributed by atoms with van der Waals surface area (Å²) in [6.07, 6.45) is 3.46. The Morgan fingerprint density at radius 1 is 1.05 bits per heavy atom. The van der Waals surface area contributed by atoms with E-state index in [-0.39, 0.29) is 11.4 Å². The van der Waals surface area contributed by atoms with E-state index in [1.165, 1.54) is 0 Å². The first-order chi connectivity index (χ1) is 10.4. The molecule has 0 aliphatic carbocycles. The van der Waals surface area contributed by atoms with Gasteiger partial charge in [0.15, 0.2) is 0 Å². The fourth-order valence-electron chi connectivity index (χ4n) is 1.83. The Morgan fingerprint density at radius 3 is 2.23 bits per heavy atom. The Hall–Kier alpha value is -1.99. The topological polar surface area (TPSA) is 75.2 Å². The number of benzene rings is 1. The van der Waals surface area contributed by atoms with E-state index in [0.717, 1.165) is 11.1 Å². The number of sulfonamides is 1. The second kappa shape index (κ2) is 6.85. The van der Waals surface area contributed by atoms with Crippen LogP contribution in [0.2, 0.25) is 0 Å². The summed E-state index contributed by atoms with van der Waals surface area (Å²) in [5.41, 5.74) is 2.01. The molecule has 0 spiro atoms. The monoisotopic (exact) mass is 320 g/mol. The molecule has 1 N–H and O–H groups in total. The zero-order valence-corrected chi connectivity index (χ0v) is 13.8. The summed E-state index contributed by atoms with van der Waals surface area (Å²) in [5, 5.41) is 0. The van der Waals surface area contributed by atoms with Crippen LogP contribution in [-0.4, -0.2) is 38.5 Å². The van der Waals surface area contributed by atoms with E-state index < -0.39 is 10.0 Å². The first-order valence-electron chi connectivity index (χ1n) is 6.94. The van der Waals surface area contributed by atoms with E-state index in [1.807, 2.05) is 20.9 Å². The highest BCUT2D eigenvalue weighted by atomic mass is 32.2. The molecule has 118 valence electrons. The molecule has 0 atom stereocenters. The van der Waals surface area contributed by atoms with Gasteiger partial charge in [0.25, 0.3) is 0 Å². The molecule has 2 aromatic rings. The van der Waals surface area contributed by atoms with Gasteiger partial charge in [0.1, 0.15) is 0 Å². The van der Waals surface area contributed by atoms with Crippen LogP contribution >= 0.6 is 0 Å². The summed E-state index contributed by atoms with van der Waals surface area (Å²) in [6, 6.07) is 6.76. The summed E-state index contributed by atoms with van der Waals surface area (Å²) >= 11 is 0. The fourth-order valence-corrected chi connectivity index (χ4v) is 2.85. The van der Waals surface area contributed by atoms with Crippen molar-refractivity contribution >= 4 is 16.0 Å². The van der Waals surface area contributed by atoms with E-state index in [4.69, 9.17) is 0 Å². The third-order valence-corrected chi connectivity index (χ3v) is 4.66. The van der Waals surface area contributed by atoms with Crippen molar-refractivity contribution in [2.75, 3.05) is 25.0 Å². The minimum Gasteiger partial charge on any atom is -0.343 e. The molecule has 0 unspecified atom stereocenters. The molecule has 0 saturated carbocycles. The Kier molecular flexibility index (Phi) is 5.10. The second-order valence-corrected chi connectivity index (χ2v) is 6.96. The van der Waals surface area contributed by atoms with Gasteiger partial charge in [-0.3, -0.25) is 0 Å². The van der Waals surface area contributed by atoms with Crippen LogP contribution in [-0.2, 0) is 10.0 Å². The summed E-state index contributed by atoms with van der Waals surface area (Å²) in [7, 11) is -1.65. The van der Waals surface area contributed by atoms with E-state index in [0.29, 0.717) is 12.5 Å². The standard InChI is InChI=1S/C15H20N4O2S/c1-12-4-6-14(7-5-12)22(20,21)18-8-9-19(3)15-16-10-13(2)11-17-15/h4-7,10-11,18H,8-9H2,1-3H3. The predicted octanol–water partition coefficient (Wildman–Crippen LogP) is 1.51. The SMILES string of the molecule is Cc1ccc(S(=O)(=O)NCCN(C)c2ncc(C)cn2)cc1. The van der Waals surface area contributed by atoms with Crippen molar-refractivity contribution in [2.24, 2.45) is 0 Å². The van der Waals surface area contributed by atoms with Crippen molar-refractivity contribution in [1.82, 2.24) is 14.7 Å². The lowest BCUT2D eigenvalue weighted by atomic mass is 10.2. The lowest BCUT2D eigenvalue weighted by Gasteiger charge is -2.17. The molecule has 1 aromatic heterocycles. The molecular weight excluding hydrogens is 300 g/mol. The Bertz CT molecular complexity index is 712. The van der Waals surface area contributed by atoms with Gasteiger partial charge >= 0.3 is 0 Å². The third kappa shape index (κ3) is 4.25. The smallest absolute Gasteiger partial charge is 0.240 e. The molecule has 2 rings (SSSR count). The maximum absolute atomic E-state index is 12.1. The number of rotatable bonds is 6. The number of nitrogens with one attached hydrogen (secondary N) is 1.